The maximum absolute atomic E-state index is 12.1. The molecule has 2 rings (SSSR count). The number of methoxy groups -OCH3 is 1. The molecule has 0 fully saturated rings. The van der Waals surface area contributed by atoms with Crippen LogP contribution in [0.1, 0.15) is 18.1 Å². The molecule has 0 unspecified atom stereocenters. The Bertz CT molecular complexity index is 756. The van der Waals surface area contributed by atoms with Crippen molar-refractivity contribution in [3.8, 4) is 11.5 Å². The second kappa shape index (κ2) is 8.41. The molecule has 1 N–H and O–H groups in total. The molecule has 2 aromatic rings. The molecule has 0 aliphatic heterocycles. The van der Waals surface area contributed by atoms with Gasteiger partial charge in [-0.3, -0.25) is 4.79 Å². The van der Waals surface area contributed by atoms with Crippen LogP contribution in [0.5, 0.6) is 11.5 Å². The van der Waals surface area contributed by atoms with Crippen molar-refractivity contribution in [1.82, 2.24) is 0 Å². The minimum atomic E-state index is -0.229. The van der Waals surface area contributed by atoms with Crippen molar-refractivity contribution in [2.24, 2.45) is 0 Å². The standard InChI is InChI=1S/C19H20ClNO3/c1-4-24-17-10-8-14(12-18(17)23-3)9-11-19(22)21-16-7-5-6-15(20)13(16)2/h5-12H,4H2,1-3H3,(H,21,22). The van der Waals surface area contributed by atoms with Gasteiger partial charge in [-0.05, 0) is 55.3 Å². The number of amides is 1. The minimum absolute atomic E-state index is 0.229. The summed E-state index contributed by atoms with van der Waals surface area (Å²) in [4.78, 5) is 12.1. The van der Waals surface area contributed by atoms with Crippen LogP contribution in [-0.2, 0) is 4.79 Å². The van der Waals surface area contributed by atoms with Gasteiger partial charge in [0, 0.05) is 16.8 Å². The van der Waals surface area contributed by atoms with Crippen molar-refractivity contribution in [1.29, 1.82) is 0 Å². The van der Waals surface area contributed by atoms with Crippen molar-refractivity contribution in [3.63, 3.8) is 0 Å². The summed E-state index contributed by atoms with van der Waals surface area (Å²) in [5.41, 5.74) is 2.37. The van der Waals surface area contributed by atoms with Crippen molar-refractivity contribution in [2.45, 2.75) is 13.8 Å². The van der Waals surface area contributed by atoms with E-state index in [2.05, 4.69) is 5.32 Å². The van der Waals surface area contributed by atoms with Crippen molar-refractivity contribution in [2.75, 3.05) is 19.0 Å². The molecule has 0 aromatic heterocycles. The van der Waals surface area contributed by atoms with Gasteiger partial charge in [-0.25, -0.2) is 0 Å². The van der Waals surface area contributed by atoms with E-state index < -0.39 is 0 Å². The van der Waals surface area contributed by atoms with Gasteiger partial charge in [0.1, 0.15) is 0 Å². The predicted octanol–water partition coefficient (Wildman–Crippen LogP) is 4.71. The van der Waals surface area contributed by atoms with E-state index in [1.165, 1.54) is 6.08 Å². The van der Waals surface area contributed by atoms with Crippen molar-refractivity contribution in [3.05, 3.63) is 58.6 Å². The topological polar surface area (TPSA) is 47.6 Å². The average molecular weight is 346 g/mol. The lowest BCUT2D eigenvalue weighted by Gasteiger charge is -2.09. The number of nitrogens with one attached hydrogen (secondary N) is 1. The van der Waals surface area contributed by atoms with Crippen LogP contribution in [0, 0.1) is 6.92 Å². The highest BCUT2D eigenvalue weighted by Gasteiger charge is 2.06. The maximum Gasteiger partial charge on any atom is 0.248 e. The largest absolute Gasteiger partial charge is 0.493 e. The molecule has 5 heteroatoms. The highest BCUT2D eigenvalue weighted by molar-refractivity contribution is 6.31. The Balaban J connectivity index is 2.10. The molecule has 0 spiro atoms. The Kier molecular flexibility index (Phi) is 6.27. The van der Waals surface area contributed by atoms with Gasteiger partial charge in [0.25, 0.3) is 0 Å². The molecule has 0 aliphatic rings. The van der Waals surface area contributed by atoms with Gasteiger partial charge in [0.15, 0.2) is 11.5 Å². The van der Waals surface area contributed by atoms with Crippen LogP contribution in [0.2, 0.25) is 5.02 Å². The first-order valence-electron chi connectivity index (χ1n) is 7.60. The molecule has 0 saturated carbocycles. The second-order valence-corrected chi connectivity index (χ2v) is 5.49. The number of hydrogen-bond acceptors (Lipinski definition) is 3. The van der Waals surface area contributed by atoms with E-state index in [-0.39, 0.29) is 5.91 Å². The summed E-state index contributed by atoms with van der Waals surface area (Å²) in [6.45, 7) is 4.33. The van der Waals surface area contributed by atoms with Gasteiger partial charge in [0.2, 0.25) is 5.91 Å². The first-order chi connectivity index (χ1) is 11.5. The predicted molar refractivity (Wildman–Crippen MR) is 98.0 cm³/mol. The first kappa shape index (κ1) is 17.9. The van der Waals surface area contributed by atoms with Gasteiger partial charge in [0.05, 0.1) is 13.7 Å². The molecule has 0 atom stereocenters. The number of halogens is 1. The third-order valence-electron chi connectivity index (χ3n) is 3.44. The van der Waals surface area contributed by atoms with E-state index in [9.17, 15) is 4.79 Å². The number of carbonyl (C=O) groups excluding carboxylic acids is 1. The molecule has 2 aromatic carbocycles. The van der Waals surface area contributed by atoms with Gasteiger partial charge in [-0.1, -0.05) is 23.7 Å². The number of benzene rings is 2. The number of anilines is 1. The molecule has 0 aliphatic carbocycles. The lowest BCUT2D eigenvalue weighted by molar-refractivity contribution is -0.111. The quantitative estimate of drug-likeness (QED) is 0.771. The number of rotatable bonds is 6. The molecule has 24 heavy (non-hydrogen) atoms. The summed E-state index contributed by atoms with van der Waals surface area (Å²) in [5.74, 6) is 1.08. The fraction of sp³-hybridized carbons (Fsp3) is 0.211. The Labute approximate surface area is 147 Å². The van der Waals surface area contributed by atoms with E-state index in [1.807, 2.05) is 38.1 Å². The zero-order chi connectivity index (χ0) is 17.5. The summed E-state index contributed by atoms with van der Waals surface area (Å²) in [5, 5.41) is 3.43. The van der Waals surface area contributed by atoms with E-state index in [0.29, 0.717) is 28.8 Å². The zero-order valence-electron chi connectivity index (χ0n) is 13.9. The third kappa shape index (κ3) is 4.52. The Morgan fingerprint density at radius 2 is 2.04 bits per heavy atom. The fourth-order valence-corrected chi connectivity index (χ4v) is 2.33. The Morgan fingerprint density at radius 1 is 1.25 bits per heavy atom. The van der Waals surface area contributed by atoms with Crippen LogP contribution >= 0.6 is 11.6 Å². The Morgan fingerprint density at radius 3 is 2.75 bits per heavy atom. The average Bonchev–Trinajstić information content (AvgIpc) is 2.58. The maximum atomic E-state index is 12.1. The van der Waals surface area contributed by atoms with E-state index in [4.69, 9.17) is 21.1 Å². The van der Waals surface area contributed by atoms with Crippen LogP contribution in [-0.4, -0.2) is 19.6 Å². The smallest absolute Gasteiger partial charge is 0.248 e. The normalized spacial score (nSPS) is 10.7. The highest BCUT2D eigenvalue weighted by Crippen LogP contribution is 2.28. The van der Waals surface area contributed by atoms with Crippen LogP contribution in [0.15, 0.2) is 42.5 Å². The van der Waals surface area contributed by atoms with Crippen molar-refractivity contribution >= 4 is 29.3 Å². The second-order valence-electron chi connectivity index (χ2n) is 5.08. The van der Waals surface area contributed by atoms with Gasteiger partial charge in [-0.15, -0.1) is 0 Å². The molecule has 0 radical (unpaired) electrons. The molecule has 0 heterocycles. The molecular weight excluding hydrogens is 326 g/mol. The number of carbonyl (C=O) groups is 1. The molecule has 0 bridgehead atoms. The van der Waals surface area contributed by atoms with Crippen LogP contribution in [0.4, 0.5) is 5.69 Å². The lowest BCUT2D eigenvalue weighted by Crippen LogP contribution is -2.08. The monoisotopic (exact) mass is 345 g/mol. The molecule has 1 amide bonds. The van der Waals surface area contributed by atoms with Crippen LogP contribution in [0.25, 0.3) is 6.08 Å². The summed E-state index contributed by atoms with van der Waals surface area (Å²) in [6, 6.07) is 10.9. The summed E-state index contributed by atoms with van der Waals surface area (Å²) < 4.78 is 10.8. The third-order valence-corrected chi connectivity index (χ3v) is 3.85. The lowest BCUT2D eigenvalue weighted by atomic mass is 10.1. The highest BCUT2D eigenvalue weighted by atomic mass is 35.5. The minimum Gasteiger partial charge on any atom is -0.493 e. The van der Waals surface area contributed by atoms with Gasteiger partial charge in [-0.2, -0.15) is 0 Å². The SMILES string of the molecule is CCOc1ccc(C=CC(=O)Nc2cccc(Cl)c2C)cc1OC. The van der Waals surface area contributed by atoms with E-state index >= 15 is 0 Å². The molecule has 4 nitrogen and oxygen atoms in total. The first-order valence-corrected chi connectivity index (χ1v) is 7.98. The van der Waals surface area contributed by atoms with E-state index in [1.54, 1.807) is 25.3 Å². The molecule has 0 saturated heterocycles. The Hall–Kier alpha value is -2.46. The van der Waals surface area contributed by atoms with Crippen molar-refractivity contribution < 1.29 is 14.3 Å². The summed E-state index contributed by atoms with van der Waals surface area (Å²) in [6.07, 6.45) is 3.18. The fourth-order valence-electron chi connectivity index (χ4n) is 2.15. The van der Waals surface area contributed by atoms with Crippen LogP contribution in [0.3, 0.4) is 0 Å². The summed E-state index contributed by atoms with van der Waals surface area (Å²) >= 11 is 6.05. The number of ether oxygens (including phenoxy) is 2. The van der Waals surface area contributed by atoms with Gasteiger partial charge >= 0.3 is 0 Å². The summed E-state index contributed by atoms with van der Waals surface area (Å²) in [7, 11) is 1.58. The van der Waals surface area contributed by atoms with Gasteiger partial charge < -0.3 is 14.8 Å². The zero-order valence-corrected chi connectivity index (χ0v) is 14.7. The van der Waals surface area contributed by atoms with E-state index in [0.717, 1.165) is 11.1 Å². The number of hydrogen-bond donors (Lipinski definition) is 1. The molecule has 126 valence electrons. The van der Waals surface area contributed by atoms with Crippen LogP contribution < -0.4 is 14.8 Å². The molecular formula is C19H20ClNO3.